The van der Waals surface area contributed by atoms with Gasteiger partial charge in [0.05, 0.1) is 12.0 Å². The fourth-order valence-electron chi connectivity index (χ4n) is 4.56. The Labute approximate surface area is 257 Å². The number of nitrogens with one attached hydrogen (secondary N) is 2. The van der Waals surface area contributed by atoms with Gasteiger partial charge in [-0.25, -0.2) is 17.9 Å². The Morgan fingerprint density at radius 2 is 1.78 bits per heavy atom. The van der Waals surface area contributed by atoms with Gasteiger partial charge in [-0.2, -0.15) is 9.78 Å². The lowest BCUT2D eigenvalue weighted by atomic mass is 10.2. The molecule has 3 aromatic carbocycles. The van der Waals surface area contributed by atoms with Crippen LogP contribution >= 0.6 is 0 Å². The molecule has 14 heteroatoms. The molecule has 1 amide bonds. The molecule has 45 heavy (non-hydrogen) atoms. The van der Waals surface area contributed by atoms with Crippen molar-refractivity contribution in [3.8, 4) is 28.8 Å². The number of hydrogen-bond donors (Lipinski definition) is 3. The van der Waals surface area contributed by atoms with Crippen molar-refractivity contribution in [2.24, 2.45) is 0 Å². The minimum Gasteiger partial charge on any atom is -0.476 e. The van der Waals surface area contributed by atoms with Crippen LogP contribution in [0.15, 0.2) is 88.4 Å². The standard InChI is InChI=1S/C31H26N4O9S/c1-18-5-9-22(10-6-18)35-30(19(2)28(34-35)31(37)38)44-24-12-8-21(33-29(36)25-4-3-13-41-25)15-27(24)45(39,40)32-16-20-7-11-23-26(14-20)43-17-42-23/h3-15,32H,16-17H2,1-2H3,(H,33,36)(H,37,38). The van der Waals surface area contributed by atoms with Crippen molar-refractivity contribution < 1.29 is 41.7 Å². The van der Waals surface area contributed by atoms with Crippen LogP contribution in [-0.4, -0.2) is 42.0 Å². The average molecular weight is 631 g/mol. The molecule has 0 unspecified atom stereocenters. The quantitative estimate of drug-likeness (QED) is 0.190. The number of nitrogens with zero attached hydrogens (tertiary/aromatic N) is 2. The lowest BCUT2D eigenvalue weighted by Gasteiger charge is -2.16. The van der Waals surface area contributed by atoms with Crippen LogP contribution in [0.1, 0.15) is 37.7 Å². The Balaban J connectivity index is 1.38. The maximum atomic E-state index is 13.8. The highest BCUT2D eigenvalue weighted by molar-refractivity contribution is 7.89. The number of carboxylic acid groups (broad SMARTS) is 1. The van der Waals surface area contributed by atoms with E-state index in [0.717, 1.165) is 5.56 Å². The third-order valence-corrected chi connectivity index (χ3v) is 8.32. The number of aromatic nitrogens is 2. The number of aromatic carboxylic acids is 1. The van der Waals surface area contributed by atoms with Gasteiger partial charge in [-0.05, 0) is 74.0 Å². The molecule has 0 atom stereocenters. The van der Waals surface area contributed by atoms with E-state index in [2.05, 4.69) is 15.1 Å². The van der Waals surface area contributed by atoms with E-state index in [1.807, 2.05) is 19.1 Å². The van der Waals surface area contributed by atoms with E-state index in [-0.39, 0.29) is 52.6 Å². The number of amides is 1. The number of sulfonamides is 1. The highest BCUT2D eigenvalue weighted by atomic mass is 32.2. The number of furan rings is 1. The molecule has 0 aliphatic carbocycles. The molecule has 0 saturated heterocycles. The number of anilines is 1. The second kappa shape index (κ2) is 11.8. The minimum absolute atomic E-state index is 0.00385. The predicted molar refractivity (Wildman–Crippen MR) is 160 cm³/mol. The Morgan fingerprint density at radius 3 is 2.51 bits per heavy atom. The summed E-state index contributed by atoms with van der Waals surface area (Å²) >= 11 is 0. The van der Waals surface area contributed by atoms with E-state index in [1.165, 1.54) is 42.1 Å². The largest absolute Gasteiger partial charge is 0.476 e. The third kappa shape index (κ3) is 6.09. The van der Waals surface area contributed by atoms with Crippen LogP contribution in [0, 0.1) is 13.8 Å². The number of ether oxygens (including phenoxy) is 3. The van der Waals surface area contributed by atoms with E-state index in [4.69, 9.17) is 18.6 Å². The summed E-state index contributed by atoms with van der Waals surface area (Å²) in [5, 5.41) is 16.6. The lowest BCUT2D eigenvalue weighted by molar-refractivity contribution is 0.0689. The summed E-state index contributed by atoms with van der Waals surface area (Å²) in [5.74, 6) is -0.944. The summed E-state index contributed by atoms with van der Waals surface area (Å²) in [4.78, 5) is 24.3. The van der Waals surface area contributed by atoms with Gasteiger partial charge in [0, 0.05) is 17.8 Å². The van der Waals surface area contributed by atoms with Crippen molar-refractivity contribution in [3.05, 3.63) is 107 Å². The highest BCUT2D eigenvalue weighted by Gasteiger charge is 2.27. The predicted octanol–water partition coefficient (Wildman–Crippen LogP) is 5.03. The highest BCUT2D eigenvalue weighted by Crippen LogP contribution is 2.36. The molecule has 0 fully saturated rings. The maximum Gasteiger partial charge on any atom is 0.356 e. The minimum atomic E-state index is -4.31. The van der Waals surface area contributed by atoms with Crippen LogP contribution in [0.4, 0.5) is 5.69 Å². The Bertz CT molecular complexity index is 2020. The third-order valence-electron chi connectivity index (χ3n) is 6.90. The summed E-state index contributed by atoms with van der Waals surface area (Å²) in [6.45, 7) is 3.38. The number of carbonyl (C=O) groups is 2. The molecule has 0 saturated carbocycles. The van der Waals surface area contributed by atoms with Crippen molar-refractivity contribution in [1.82, 2.24) is 14.5 Å². The Hall–Kier alpha value is -5.60. The fraction of sp³-hybridized carbons (Fsp3) is 0.129. The summed E-state index contributed by atoms with van der Waals surface area (Å²) in [7, 11) is -4.31. The van der Waals surface area contributed by atoms with E-state index in [9.17, 15) is 23.1 Å². The van der Waals surface area contributed by atoms with Crippen molar-refractivity contribution in [2.45, 2.75) is 25.3 Å². The van der Waals surface area contributed by atoms with Gasteiger partial charge in [0.1, 0.15) is 10.6 Å². The smallest absolute Gasteiger partial charge is 0.356 e. The van der Waals surface area contributed by atoms with E-state index < -0.39 is 21.9 Å². The first-order valence-corrected chi connectivity index (χ1v) is 15.0. The number of carbonyl (C=O) groups excluding carboxylic acids is 1. The Morgan fingerprint density at radius 1 is 1.00 bits per heavy atom. The average Bonchev–Trinajstić information content (AvgIpc) is 3.78. The first-order chi connectivity index (χ1) is 21.6. The van der Waals surface area contributed by atoms with Gasteiger partial charge in [-0.3, -0.25) is 4.79 Å². The van der Waals surface area contributed by atoms with Gasteiger partial charge in [-0.15, -0.1) is 0 Å². The summed E-state index contributed by atoms with van der Waals surface area (Å²) in [6, 6.07) is 19.2. The Kier molecular flexibility index (Phi) is 7.74. The number of aryl methyl sites for hydroxylation is 1. The zero-order valence-electron chi connectivity index (χ0n) is 23.9. The van der Waals surface area contributed by atoms with Crippen molar-refractivity contribution in [3.63, 3.8) is 0 Å². The molecule has 3 heterocycles. The van der Waals surface area contributed by atoms with Gasteiger partial charge in [-0.1, -0.05) is 23.8 Å². The topological polar surface area (TPSA) is 171 Å². The fourth-order valence-corrected chi connectivity index (χ4v) is 5.73. The van der Waals surface area contributed by atoms with E-state index in [1.54, 1.807) is 36.4 Å². The first kappa shape index (κ1) is 29.5. The van der Waals surface area contributed by atoms with Crippen LogP contribution in [0.2, 0.25) is 0 Å². The number of fused-ring (bicyclic) bond motifs is 1. The molecule has 1 aliphatic heterocycles. The molecule has 13 nitrogen and oxygen atoms in total. The molecule has 1 aliphatic rings. The first-order valence-electron chi connectivity index (χ1n) is 13.5. The summed E-state index contributed by atoms with van der Waals surface area (Å²) in [5.41, 5.74) is 2.12. The van der Waals surface area contributed by atoms with Crippen molar-refractivity contribution in [2.75, 3.05) is 12.1 Å². The molecule has 230 valence electrons. The van der Waals surface area contributed by atoms with Gasteiger partial charge in [0.25, 0.3) is 5.91 Å². The summed E-state index contributed by atoms with van der Waals surface area (Å²) < 4.78 is 53.5. The van der Waals surface area contributed by atoms with Crippen LogP contribution in [-0.2, 0) is 16.6 Å². The monoisotopic (exact) mass is 630 g/mol. The van der Waals surface area contributed by atoms with Crippen LogP contribution < -0.4 is 24.2 Å². The van der Waals surface area contributed by atoms with Crippen molar-refractivity contribution in [1.29, 1.82) is 0 Å². The molecule has 0 bridgehead atoms. The number of carboxylic acids is 1. The maximum absolute atomic E-state index is 13.8. The molecule has 3 N–H and O–H groups in total. The normalized spacial score (nSPS) is 12.2. The zero-order chi connectivity index (χ0) is 31.7. The SMILES string of the molecule is Cc1ccc(-n2nc(C(=O)O)c(C)c2Oc2ccc(NC(=O)c3ccco3)cc2S(=O)(=O)NCc2ccc3c(c2)OCO3)cc1. The van der Waals surface area contributed by atoms with Gasteiger partial charge in [0.2, 0.25) is 22.7 Å². The van der Waals surface area contributed by atoms with Crippen LogP contribution in [0.25, 0.3) is 5.69 Å². The van der Waals surface area contributed by atoms with E-state index >= 15 is 0 Å². The second-order valence-corrected chi connectivity index (χ2v) is 11.8. The molecule has 0 spiro atoms. The van der Waals surface area contributed by atoms with Gasteiger partial charge < -0.3 is 29.1 Å². The molecule has 2 aromatic heterocycles. The molecular weight excluding hydrogens is 604 g/mol. The number of hydrogen-bond acceptors (Lipinski definition) is 9. The summed E-state index contributed by atoms with van der Waals surface area (Å²) in [6.07, 6.45) is 1.34. The van der Waals surface area contributed by atoms with E-state index in [0.29, 0.717) is 22.7 Å². The van der Waals surface area contributed by atoms with Crippen molar-refractivity contribution >= 4 is 27.6 Å². The molecular formula is C31H26N4O9S. The number of benzene rings is 3. The van der Waals surface area contributed by atoms with Gasteiger partial charge in [0.15, 0.2) is 23.0 Å². The lowest BCUT2D eigenvalue weighted by Crippen LogP contribution is -2.24. The number of rotatable bonds is 10. The van der Waals surface area contributed by atoms with Crippen LogP contribution in [0.5, 0.6) is 23.1 Å². The van der Waals surface area contributed by atoms with Crippen LogP contribution in [0.3, 0.4) is 0 Å². The zero-order valence-corrected chi connectivity index (χ0v) is 24.8. The molecule has 0 radical (unpaired) electrons. The van der Waals surface area contributed by atoms with Gasteiger partial charge >= 0.3 is 5.97 Å². The molecule has 5 aromatic rings. The second-order valence-electron chi connectivity index (χ2n) is 10.0. The molecule has 6 rings (SSSR count).